The average molecular weight is 325 g/mol. The van der Waals surface area contributed by atoms with Gasteiger partial charge < -0.3 is 5.32 Å². The second kappa shape index (κ2) is 6.37. The summed E-state index contributed by atoms with van der Waals surface area (Å²) in [5.74, 6) is 0. The van der Waals surface area contributed by atoms with E-state index in [4.69, 9.17) is 11.6 Å². The molecule has 0 fully saturated rings. The van der Waals surface area contributed by atoms with Crippen molar-refractivity contribution in [3.8, 4) is 0 Å². The molecule has 0 aliphatic carbocycles. The van der Waals surface area contributed by atoms with E-state index in [2.05, 4.69) is 57.6 Å². The summed E-state index contributed by atoms with van der Waals surface area (Å²) in [6.07, 6.45) is 0. The average Bonchev–Trinajstić information content (AvgIpc) is 2.36. The minimum Gasteiger partial charge on any atom is -0.309 e. The van der Waals surface area contributed by atoms with Gasteiger partial charge in [0.2, 0.25) is 0 Å². The van der Waals surface area contributed by atoms with E-state index >= 15 is 0 Å². The maximum atomic E-state index is 6.09. The van der Waals surface area contributed by atoms with E-state index in [1.54, 1.807) is 0 Å². The van der Waals surface area contributed by atoms with Gasteiger partial charge in [-0.15, -0.1) is 0 Å². The fourth-order valence-electron chi connectivity index (χ4n) is 1.70. The monoisotopic (exact) mass is 323 g/mol. The molecule has 2 aromatic rings. The summed E-state index contributed by atoms with van der Waals surface area (Å²) < 4.78 is 1.11. The Labute approximate surface area is 121 Å². The van der Waals surface area contributed by atoms with Gasteiger partial charge in [-0.3, -0.25) is 0 Å². The molecular formula is C15H15BrClN. The minimum absolute atomic E-state index is 0.829. The Morgan fingerprint density at radius 2 is 1.61 bits per heavy atom. The van der Waals surface area contributed by atoms with Gasteiger partial charge in [0.1, 0.15) is 0 Å². The molecule has 0 saturated carbocycles. The van der Waals surface area contributed by atoms with Gasteiger partial charge in [-0.05, 0) is 41.8 Å². The first kappa shape index (κ1) is 13.6. The second-order valence-corrected chi connectivity index (χ2v) is 5.64. The van der Waals surface area contributed by atoms with Crippen molar-refractivity contribution in [3.05, 3.63) is 68.7 Å². The smallest absolute Gasteiger partial charge is 0.0438 e. The zero-order chi connectivity index (χ0) is 13.0. The van der Waals surface area contributed by atoms with E-state index in [0.717, 1.165) is 28.1 Å². The summed E-state index contributed by atoms with van der Waals surface area (Å²) in [7, 11) is 0. The number of halogens is 2. The predicted octanol–water partition coefficient (Wildman–Crippen LogP) is 4.70. The first-order chi connectivity index (χ1) is 8.65. The van der Waals surface area contributed by atoms with E-state index in [-0.39, 0.29) is 0 Å². The fraction of sp³-hybridized carbons (Fsp3) is 0.200. The highest BCUT2D eigenvalue weighted by Crippen LogP contribution is 2.16. The predicted molar refractivity (Wildman–Crippen MR) is 80.9 cm³/mol. The van der Waals surface area contributed by atoms with Gasteiger partial charge in [0.15, 0.2) is 0 Å². The van der Waals surface area contributed by atoms with Crippen molar-refractivity contribution in [2.24, 2.45) is 0 Å². The standard InChI is InChI=1S/C15H15BrClN/c1-11-2-3-13(8-15(11)17)10-18-9-12-4-6-14(16)7-5-12/h2-8,18H,9-10H2,1H3. The minimum atomic E-state index is 0.829. The van der Waals surface area contributed by atoms with Crippen molar-refractivity contribution in [2.45, 2.75) is 20.0 Å². The molecule has 0 aliphatic rings. The van der Waals surface area contributed by atoms with Crippen LogP contribution in [0, 0.1) is 6.92 Å². The maximum absolute atomic E-state index is 6.09. The van der Waals surface area contributed by atoms with Gasteiger partial charge in [-0.25, -0.2) is 0 Å². The van der Waals surface area contributed by atoms with Gasteiger partial charge >= 0.3 is 0 Å². The molecule has 0 aromatic heterocycles. The molecule has 0 radical (unpaired) electrons. The van der Waals surface area contributed by atoms with E-state index in [0.29, 0.717) is 0 Å². The Balaban J connectivity index is 1.88. The molecule has 2 rings (SSSR count). The Morgan fingerprint density at radius 3 is 2.28 bits per heavy atom. The van der Waals surface area contributed by atoms with Gasteiger partial charge in [0.05, 0.1) is 0 Å². The molecular weight excluding hydrogens is 310 g/mol. The Kier molecular flexibility index (Phi) is 4.81. The van der Waals surface area contributed by atoms with Crippen LogP contribution in [0.4, 0.5) is 0 Å². The van der Waals surface area contributed by atoms with Crippen LogP contribution in [0.5, 0.6) is 0 Å². The van der Waals surface area contributed by atoms with Crippen molar-refractivity contribution in [3.63, 3.8) is 0 Å². The quantitative estimate of drug-likeness (QED) is 0.859. The lowest BCUT2D eigenvalue weighted by Gasteiger charge is -2.07. The summed E-state index contributed by atoms with van der Waals surface area (Å²) in [5, 5.41) is 4.24. The number of aryl methyl sites for hydroxylation is 1. The van der Waals surface area contributed by atoms with Crippen molar-refractivity contribution < 1.29 is 0 Å². The third-order valence-corrected chi connectivity index (χ3v) is 3.74. The molecule has 18 heavy (non-hydrogen) atoms. The van der Waals surface area contributed by atoms with Crippen LogP contribution in [0.2, 0.25) is 5.02 Å². The zero-order valence-electron chi connectivity index (χ0n) is 10.2. The summed E-state index contributed by atoms with van der Waals surface area (Å²) in [6.45, 7) is 3.70. The van der Waals surface area contributed by atoms with Gasteiger partial charge in [0.25, 0.3) is 0 Å². The molecule has 0 unspecified atom stereocenters. The molecule has 1 nitrogen and oxygen atoms in total. The Hall–Kier alpha value is -0.830. The van der Waals surface area contributed by atoms with Gasteiger partial charge in [-0.1, -0.05) is 51.8 Å². The van der Waals surface area contributed by atoms with Crippen molar-refractivity contribution in [1.29, 1.82) is 0 Å². The molecule has 94 valence electrons. The lowest BCUT2D eigenvalue weighted by Crippen LogP contribution is -2.12. The van der Waals surface area contributed by atoms with E-state index in [9.17, 15) is 0 Å². The molecule has 0 atom stereocenters. The highest BCUT2D eigenvalue weighted by molar-refractivity contribution is 9.10. The van der Waals surface area contributed by atoms with Crippen LogP contribution in [0.1, 0.15) is 16.7 Å². The molecule has 0 aliphatic heterocycles. The summed E-state index contributed by atoms with van der Waals surface area (Å²) in [5.41, 5.74) is 3.60. The summed E-state index contributed by atoms with van der Waals surface area (Å²) in [6, 6.07) is 14.5. The van der Waals surface area contributed by atoms with Crippen LogP contribution in [-0.2, 0) is 13.1 Å². The fourth-order valence-corrected chi connectivity index (χ4v) is 2.17. The summed E-state index contributed by atoms with van der Waals surface area (Å²) in [4.78, 5) is 0. The molecule has 3 heteroatoms. The molecule has 1 N–H and O–H groups in total. The highest BCUT2D eigenvalue weighted by Gasteiger charge is 1.98. The van der Waals surface area contributed by atoms with Gasteiger partial charge in [0, 0.05) is 22.6 Å². The number of rotatable bonds is 4. The first-order valence-electron chi connectivity index (χ1n) is 5.85. The van der Waals surface area contributed by atoms with Crippen LogP contribution in [0.25, 0.3) is 0 Å². The lowest BCUT2D eigenvalue weighted by atomic mass is 10.1. The Morgan fingerprint density at radius 1 is 1.00 bits per heavy atom. The van der Waals surface area contributed by atoms with E-state index in [1.165, 1.54) is 11.1 Å². The lowest BCUT2D eigenvalue weighted by molar-refractivity contribution is 0.693. The Bertz CT molecular complexity index is 523. The molecule has 0 saturated heterocycles. The van der Waals surface area contributed by atoms with Crippen LogP contribution < -0.4 is 5.32 Å². The third-order valence-electron chi connectivity index (χ3n) is 2.81. The SMILES string of the molecule is Cc1ccc(CNCc2ccc(Br)cc2)cc1Cl. The molecule has 2 aromatic carbocycles. The zero-order valence-corrected chi connectivity index (χ0v) is 12.6. The molecule has 0 amide bonds. The third kappa shape index (κ3) is 3.84. The van der Waals surface area contributed by atoms with Crippen molar-refractivity contribution >= 4 is 27.5 Å². The van der Waals surface area contributed by atoms with Gasteiger partial charge in [-0.2, -0.15) is 0 Å². The van der Waals surface area contributed by atoms with E-state index in [1.807, 2.05) is 13.0 Å². The van der Waals surface area contributed by atoms with Crippen molar-refractivity contribution in [2.75, 3.05) is 0 Å². The van der Waals surface area contributed by atoms with Crippen LogP contribution in [-0.4, -0.2) is 0 Å². The second-order valence-electron chi connectivity index (χ2n) is 4.31. The first-order valence-corrected chi connectivity index (χ1v) is 7.02. The van der Waals surface area contributed by atoms with Crippen LogP contribution in [0.3, 0.4) is 0 Å². The number of nitrogens with one attached hydrogen (secondary N) is 1. The van der Waals surface area contributed by atoms with Crippen LogP contribution >= 0.6 is 27.5 Å². The number of hydrogen-bond acceptors (Lipinski definition) is 1. The van der Waals surface area contributed by atoms with Crippen molar-refractivity contribution in [1.82, 2.24) is 5.32 Å². The molecule has 0 spiro atoms. The largest absolute Gasteiger partial charge is 0.309 e. The number of benzene rings is 2. The normalized spacial score (nSPS) is 10.6. The molecule has 0 bridgehead atoms. The van der Waals surface area contributed by atoms with E-state index < -0.39 is 0 Å². The molecule has 0 heterocycles. The highest BCUT2D eigenvalue weighted by atomic mass is 79.9. The topological polar surface area (TPSA) is 12.0 Å². The number of hydrogen-bond donors (Lipinski definition) is 1. The maximum Gasteiger partial charge on any atom is 0.0438 e. The van der Waals surface area contributed by atoms with Crippen LogP contribution in [0.15, 0.2) is 46.9 Å². The summed E-state index contributed by atoms with van der Waals surface area (Å²) >= 11 is 9.52.